The van der Waals surface area contributed by atoms with Gasteiger partial charge in [-0.2, -0.15) is 10.2 Å². The fourth-order valence-electron chi connectivity index (χ4n) is 23.5. The number of amidine groups is 2. The van der Waals surface area contributed by atoms with Crippen molar-refractivity contribution in [3.05, 3.63) is 263 Å². The number of hydrazone groups is 1. The van der Waals surface area contributed by atoms with Gasteiger partial charge < -0.3 is 54.2 Å². The minimum Gasteiger partial charge on any atom is -0.358 e. The SMILES string of the molecule is CC(C)(C)N1N=C2c3c([nH]c4cc(F)cc(c34)C1=O)C[C@@]1(C)CCCN21.CC(C)(C)n1c2c3c4c(cc(F)cc41)C(=O)CN=C3N1CCC[C@]1(C)C2.CC(C)(C)n1nc(Cc2ccc(F)c(C(=O)N3CCN(C(=O)C4CC4)CC3)c2)c2ccccc2c1=O.CNCc1ccc(-c2[nH]c3cc(F)cc4c3c2CCN(C(C)(C)C)C4=O)cc1.CNCc1ccc(-c2c3c4c(cc(F)cc4n2C(C)(C)C)C(=O)CCC3)cc1. The highest BCUT2D eigenvalue weighted by molar-refractivity contribution is 6.23. The highest BCUT2D eigenvalue weighted by Crippen LogP contribution is 2.50. The zero-order valence-corrected chi connectivity index (χ0v) is 86.2. The van der Waals surface area contributed by atoms with Crippen molar-refractivity contribution in [2.45, 2.75) is 253 Å². The number of amides is 4. The molecule has 10 aliphatic rings. The van der Waals surface area contributed by atoms with Crippen LogP contribution < -0.4 is 16.2 Å². The first-order valence-corrected chi connectivity index (χ1v) is 50.8. The van der Waals surface area contributed by atoms with Gasteiger partial charge in [-0.1, -0.05) is 72.8 Å². The van der Waals surface area contributed by atoms with E-state index in [1.165, 1.54) is 74.5 Å². The highest BCUT2D eigenvalue weighted by Gasteiger charge is 2.51. The van der Waals surface area contributed by atoms with Gasteiger partial charge in [-0.05, 0) is 295 Å². The van der Waals surface area contributed by atoms with Gasteiger partial charge in [0.15, 0.2) is 17.4 Å². The maximum atomic E-state index is 14.8. The Balaban J connectivity index is 0.000000114. The number of aliphatic imine (C=N–C) groups is 1. The van der Waals surface area contributed by atoms with Crippen LogP contribution in [-0.2, 0) is 66.6 Å². The summed E-state index contributed by atoms with van der Waals surface area (Å²) in [4.78, 5) is 112. The van der Waals surface area contributed by atoms with Crippen LogP contribution in [-0.4, -0.2) is 194 Å². The molecule has 0 radical (unpaired) electrons. The van der Waals surface area contributed by atoms with Crippen molar-refractivity contribution in [1.29, 1.82) is 0 Å². The Morgan fingerprint density at radius 1 is 0.486 bits per heavy atom. The lowest BCUT2D eigenvalue weighted by Gasteiger charge is -2.43. The molecule has 8 aliphatic heterocycles. The molecule has 4 amide bonds. The number of aromatic nitrogens is 6. The van der Waals surface area contributed by atoms with E-state index in [1.807, 2.05) is 104 Å². The molecule has 13 aromatic rings. The number of ketones is 2. The third-order valence-corrected chi connectivity index (χ3v) is 30.2. The molecule has 0 spiro atoms. The van der Waals surface area contributed by atoms with Gasteiger partial charge >= 0.3 is 0 Å². The maximum absolute atomic E-state index is 14.8. The van der Waals surface area contributed by atoms with Crippen LogP contribution in [0.3, 0.4) is 0 Å². The molecule has 4 N–H and O–H groups in total. The molecule has 144 heavy (non-hydrogen) atoms. The van der Waals surface area contributed by atoms with Crippen LogP contribution in [0.1, 0.15) is 277 Å². The van der Waals surface area contributed by atoms with E-state index in [0.717, 1.165) is 197 Å². The number of nitrogens with zero attached hydrogens (tertiary/aromatic N) is 12. The lowest BCUT2D eigenvalue weighted by molar-refractivity contribution is -0.134. The number of piperazine rings is 1. The van der Waals surface area contributed by atoms with E-state index in [2.05, 4.69) is 149 Å². The zero-order valence-electron chi connectivity index (χ0n) is 86.2. The van der Waals surface area contributed by atoms with Crippen LogP contribution in [0.15, 0.2) is 154 Å². The summed E-state index contributed by atoms with van der Waals surface area (Å²) in [5.41, 5.74) is 17.7. The first-order chi connectivity index (χ1) is 68.1. The predicted octanol–water partition coefficient (Wildman–Crippen LogP) is 21.0. The topological polar surface area (TPSA) is 247 Å². The first-order valence-electron chi connectivity index (χ1n) is 50.8. The summed E-state index contributed by atoms with van der Waals surface area (Å²) in [5.74, 6) is -0.704. The lowest BCUT2D eigenvalue weighted by Crippen LogP contribution is -2.52. The smallest absolute Gasteiger partial charge is 0.275 e. The Labute approximate surface area is 837 Å². The third-order valence-electron chi connectivity index (χ3n) is 30.2. The number of halogens is 5. The molecule has 3 saturated heterocycles. The Bertz CT molecular complexity index is 7560. The maximum Gasteiger partial charge on any atom is 0.275 e. The van der Waals surface area contributed by atoms with Crippen LogP contribution in [0.2, 0.25) is 0 Å². The largest absolute Gasteiger partial charge is 0.358 e. The number of aryl methyl sites for hydroxylation is 1. The summed E-state index contributed by atoms with van der Waals surface area (Å²) >= 11 is 0. The Morgan fingerprint density at radius 3 is 1.62 bits per heavy atom. The molecule has 23 nitrogen and oxygen atoms in total. The molecule has 28 heteroatoms. The standard InChI is InChI=1S/C28H31FN4O3.C24H27FN2O.C23H26FN3O.C21H24FN3O.C20H23FN4O/c1-28(2,3)33-27(36)21-7-5-4-6-20(21)24(30-33)17-18-8-11-23(29)22(16-18)26(35)32-14-12-31(13-15-32)25(34)19-9-10-19;1-24(2,3)27-20-13-17(25)12-19-21(28)7-5-6-18(22(19)20)23(27)16-10-8-15(9-11-16)14-26-4;1-23(2,3)27-10-9-17-20-18(22(27)28)11-16(24)12-19(20)26-21(17)15-7-5-14(6-8-15)13-25-4;1-20(2,3)25-14-9-12(22)8-13-16(26)11-23-19-18(17(13)14)15(25)10-21(4)6-5-7-24(19)21;1-19(2,3)25-18(26)12-8-11(21)9-13-15(12)16-14(22-13)10-20(4)6-5-7-24(20)17(16)23-25/h4-8,11,16,19H,9-10,12-15,17H2,1-3H3;8-13,26H,5-7,14H2,1-4H3;5-8,11-12,25-26H,9-10,13H2,1-4H3;8-9H,5-7,10-11H2,1-4H3;8-9,22H,5-7,10H2,1-4H3/t;;;21-;20-/m...11/s1. The van der Waals surface area contributed by atoms with Crippen molar-refractivity contribution in [3.8, 4) is 22.5 Å². The number of carbonyl (C=O) groups is 6. The number of hydrogen-bond donors (Lipinski definition) is 4. The number of benzene rings is 8. The fourth-order valence-corrected chi connectivity index (χ4v) is 23.5. The second-order valence-corrected chi connectivity index (χ2v) is 46.1. The average Bonchev–Trinajstić information content (AvgIpc) is 1.53. The summed E-state index contributed by atoms with van der Waals surface area (Å²) in [6.07, 6.45) is 11.3. The van der Waals surface area contributed by atoms with Crippen LogP contribution in [0.5, 0.6) is 0 Å². The summed E-state index contributed by atoms with van der Waals surface area (Å²) in [7, 11) is 3.86. The minimum absolute atomic E-state index is 0.0115. The second-order valence-electron chi connectivity index (χ2n) is 46.1. The number of aromatic amines is 2. The molecule has 13 heterocycles. The van der Waals surface area contributed by atoms with E-state index in [-0.39, 0.29) is 98.1 Å². The lowest BCUT2D eigenvalue weighted by atomic mass is 9.85. The molecular weight excluding hydrogens is 1820 g/mol. The Kier molecular flexibility index (Phi) is 25.7. The van der Waals surface area contributed by atoms with Crippen LogP contribution >= 0.6 is 0 Å². The summed E-state index contributed by atoms with van der Waals surface area (Å²) < 4.78 is 78.3. The average molecular weight is 1960 g/mol. The van der Waals surface area contributed by atoms with Gasteiger partial charge in [0.05, 0.1) is 61.1 Å². The molecule has 2 aliphatic carbocycles. The third kappa shape index (κ3) is 18.2. The first kappa shape index (κ1) is 99.5. The van der Waals surface area contributed by atoms with Gasteiger partial charge in [-0.25, -0.2) is 31.6 Å². The number of H-pyrrole nitrogens is 2. The number of hydrogen-bond acceptors (Lipinski definition) is 14. The molecule has 5 aromatic heterocycles. The molecule has 752 valence electrons. The van der Waals surface area contributed by atoms with E-state index in [4.69, 9.17) is 10.1 Å². The Morgan fingerprint density at radius 2 is 1.03 bits per heavy atom. The van der Waals surface area contributed by atoms with Crippen molar-refractivity contribution in [2.75, 3.05) is 66.5 Å². The van der Waals surface area contributed by atoms with E-state index < -0.39 is 28.5 Å². The number of rotatable bonds is 10. The van der Waals surface area contributed by atoms with Crippen molar-refractivity contribution in [2.24, 2.45) is 16.0 Å². The quantitative estimate of drug-likeness (QED) is 0.0934. The molecule has 23 rings (SSSR count). The molecule has 2 atom stereocenters. The summed E-state index contributed by atoms with van der Waals surface area (Å²) in [6.45, 7) is 41.1. The van der Waals surface area contributed by atoms with Gasteiger partial charge in [0.25, 0.3) is 23.3 Å². The molecule has 1 saturated carbocycles. The van der Waals surface area contributed by atoms with Gasteiger partial charge in [-0.3, -0.25) is 38.6 Å². The van der Waals surface area contributed by atoms with Crippen molar-refractivity contribution in [3.63, 3.8) is 0 Å². The van der Waals surface area contributed by atoms with Gasteiger partial charge in [0, 0.05) is 190 Å². The second kappa shape index (κ2) is 37.1. The van der Waals surface area contributed by atoms with E-state index >= 15 is 0 Å². The Hall–Kier alpha value is -13.2. The van der Waals surface area contributed by atoms with Crippen LogP contribution in [0.25, 0.3) is 76.9 Å². The molecule has 4 fully saturated rings. The van der Waals surface area contributed by atoms with Crippen LogP contribution in [0.4, 0.5) is 22.0 Å². The van der Waals surface area contributed by atoms with E-state index in [0.29, 0.717) is 89.9 Å². The number of Topliss-reactive ketones (excluding diaryl/α,β-unsaturated/α-hetero) is 2. The fraction of sp³-hybridized carbons (Fsp3) is 0.431. The zero-order chi connectivity index (χ0) is 103. The molecular formula is C116H131F5N16O7. The van der Waals surface area contributed by atoms with Crippen LogP contribution in [0, 0.1) is 35.0 Å². The molecule has 8 aromatic carbocycles. The minimum atomic E-state index is -0.572. The molecule has 0 bridgehead atoms. The van der Waals surface area contributed by atoms with Gasteiger partial charge in [0.1, 0.15) is 41.5 Å². The van der Waals surface area contributed by atoms with Gasteiger partial charge in [-0.15, -0.1) is 0 Å². The van der Waals surface area contributed by atoms with Crippen molar-refractivity contribution < 1.29 is 50.7 Å². The number of carbonyl (C=O) groups excluding carboxylic acids is 6. The van der Waals surface area contributed by atoms with E-state index in [1.54, 1.807) is 35.2 Å². The highest BCUT2D eigenvalue weighted by atomic mass is 19.1. The summed E-state index contributed by atoms with van der Waals surface area (Å²) in [6, 6.07) is 40.5. The predicted molar refractivity (Wildman–Crippen MR) is 558 cm³/mol. The van der Waals surface area contributed by atoms with Crippen molar-refractivity contribution in [1.82, 2.24) is 69.0 Å². The monoisotopic (exact) mass is 1960 g/mol. The number of fused-ring (bicyclic) bond motifs is 5. The van der Waals surface area contributed by atoms with Gasteiger partial charge in [0.2, 0.25) is 5.91 Å². The molecule has 0 unspecified atom stereocenters. The normalized spacial score (nSPS) is 18.7. The number of nitrogens with one attached hydrogen (secondary N) is 4. The van der Waals surface area contributed by atoms with E-state index in [9.17, 15) is 55.5 Å². The van der Waals surface area contributed by atoms with Crippen molar-refractivity contribution >= 4 is 101 Å². The summed E-state index contributed by atoms with van der Waals surface area (Å²) in [5, 5.41) is 22.2.